The molecule has 0 bridgehead atoms. The smallest absolute Gasteiger partial charge is 0.226 e. The average molecular weight is 380 g/mol. The molecule has 1 aliphatic rings. The van der Waals surface area contributed by atoms with E-state index in [0.717, 1.165) is 11.3 Å². The van der Waals surface area contributed by atoms with Crippen LogP contribution in [0, 0.1) is 5.82 Å². The quantitative estimate of drug-likeness (QED) is 0.754. The summed E-state index contributed by atoms with van der Waals surface area (Å²) in [5.41, 5.74) is 1.68. The molecule has 1 N–H and O–H groups in total. The van der Waals surface area contributed by atoms with Crippen molar-refractivity contribution in [1.29, 1.82) is 0 Å². The topological polar surface area (TPSA) is 69.0 Å². The Morgan fingerprint density at radius 2 is 2.07 bits per heavy atom. The van der Waals surface area contributed by atoms with Crippen LogP contribution in [-0.4, -0.2) is 26.5 Å². The van der Waals surface area contributed by atoms with E-state index in [1.54, 1.807) is 12.3 Å². The number of rotatable bonds is 4. The van der Waals surface area contributed by atoms with E-state index < -0.39 is 5.60 Å². The highest BCUT2D eigenvalue weighted by Gasteiger charge is 2.34. The second-order valence-electron chi connectivity index (χ2n) is 7.51. The minimum Gasteiger partial charge on any atom is -0.487 e. The lowest BCUT2D eigenvalue weighted by Gasteiger charge is -2.37. The van der Waals surface area contributed by atoms with Crippen molar-refractivity contribution in [3.63, 3.8) is 0 Å². The van der Waals surface area contributed by atoms with Crippen LogP contribution in [0.25, 0.3) is 5.69 Å². The Balaban J connectivity index is 1.48. The molecule has 7 heteroatoms. The number of amides is 1. The van der Waals surface area contributed by atoms with Gasteiger partial charge in [-0.25, -0.2) is 4.39 Å². The van der Waals surface area contributed by atoms with Gasteiger partial charge in [0.25, 0.3) is 0 Å². The third-order valence-corrected chi connectivity index (χ3v) is 4.64. The molecule has 3 aromatic rings. The van der Waals surface area contributed by atoms with Gasteiger partial charge in [0.05, 0.1) is 30.0 Å². The fraction of sp³-hybridized carbons (Fsp3) is 0.286. The SMILES string of the molecule is CC1(C)CC(NC(=O)Cc2cnn(-c3ccccc3)n2)c2ccc(F)cc2O1. The molecule has 1 unspecified atom stereocenters. The van der Waals surface area contributed by atoms with Gasteiger partial charge in [0, 0.05) is 18.1 Å². The first-order valence-electron chi connectivity index (χ1n) is 9.14. The molecular weight excluding hydrogens is 359 g/mol. The lowest BCUT2D eigenvalue weighted by molar-refractivity contribution is -0.121. The first kappa shape index (κ1) is 18.2. The Morgan fingerprint density at radius 1 is 1.29 bits per heavy atom. The summed E-state index contributed by atoms with van der Waals surface area (Å²) < 4.78 is 19.4. The van der Waals surface area contributed by atoms with Gasteiger partial charge in [-0.05, 0) is 32.0 Å². The van der Waals surface area contributed by atoms with E-state index >= 15 is 0 Å². The molecule has 0 saturated heterocycles. The predicted molar refractivity (Wildman–Crippen MR) is 102 cm³/mol. The molecule has 0 saturated carbocycles. The Hall–Kier alpha value is -3.22. The number of ether oxygens (including phenoxy) is 1. The van der Waals surface area contributed by atoms with E-state index in [9.17, 15) is 9.18 Å². The predicted octanol–water partition coefficient (Wildman–Crippen LogP) is 3.37. The van der Waals surface area contributed by atoms with Crippen molar-refractivity contribution in [2.75, 3.05) is 0 Å². The lowest BCUT2D eigenvalue weighted by Crippen LogP contribution is -2.41. The number of nitrogens with one attached hydrogen (secondary N) is 1. The Kier molecular flexibility index (Phi) is 4.58. The third kappa shape index (κ3) is 3.88. The highest BCUT2D eigenvalue weighted by atomic mass is 19.1. The van der Waals surface area contributed by atoms with Crippen molar-refractivity contribution in [3.05, 3.63) is 71.8 Å². The second-order valence-corrected chi connectivity index (χ2v) is 7.51. The molecule has 144 valence electrons. The summed E-state index contributed by atoms with van der Waals surface area (Å²) in [5.74, 6) is -0.0614. The fourth-order valence-electron chi connectivity index (χ4n) is 3.43. The van der Waals surface area contributed by atoms with Gasteiger partial charge >= 0.3 is 0 Å². The molecule has 1 aliphatic heterocycles. The maximum absolute atomic E-state index is 13.6. The van der Waals surface area contributed by atoms with Gasteiger partial charge in [0.2, 0.25) is 5.91 Å². The molecular formula is C21H21FN4O2. The highest BCUT2D eigenvalue weighted by Crippen LogP contribution is 2.39. The van der Waals surface area contributed by atoms with E-state index in [4.69, 9.17) is 4.74 Å². The molecule has 1 aromatic heterocycles. The largest absolute Gasteiger partial charge is 0.487 e. The average Bonchev–Trinajstić information content (AvgIpc) is 3.09. The van der Waals surface area contributed by atoms with Gasteiger partial charge in [-0.3, -0.25) is 4.79 Å². The summed E-state index contributed by atoms with van der Waals surface area (Å²) in [4.78, 5) is 14.1. The number of hydrogen-bond acceptors (Lipinski definition) is 4. The van der Waals surface area contributed by atoms with E-state index in [-0.39, 0.29) is 24.2 Å². The van der Waals surface area contributed by atoms with Crippen LogP contribution in [0.1, 0.15) is 37.6 Å². The zero-order chi connectivity index (χ0) is 19.7. The van der Waals surface area contributed by atoms with E-state index in [0.29, 0.717) is 17.9 Å². The van der Waals surface area contributed by atoms with Gasteiger partial charge in [-0.1, -0.05) is 24.3 Å². The van der Waals surface area contributed by atoms with Crippen molar-refractivity contribution in [2.24, 2.45) is 0 Å². The van der Waals surface area contributed by atoms with Crippen molar-refractivity contribution in [3.8, 4) is 11.4 Å². The number of carbonyl (C=O) groups excluding carboxylic acids is 1. The van der Waals surface area contributed by atoms with Crippen LogP contribution in [-0.2, 0) is 11.2 Å². The fourth-order valence-corrected chi connectivity index (χ4v) is 3.43. The Labute approximate surface area is 162 Å². The monoisotopic (exact) mass is 380 g/mol. The Bertz CT molecular complexity index is 1000. The standard InChI is InChI=1S/C21H21FN4O2/c1-21(2)12-18(17-9-8-14(22)10-19(17)28-21)24-20(27)11-15-13-23-26(25-15)16-6-4-3-5-7-16/h3-10,13,18H,11-12H2,1-2H3,(H,24,27). The normalized spacial score (nSPS) is 17.5. The third-order valence-electron chi connectivity index (χ3n) is 4.64. The molecule has 1 amide bonds. The summed E-state index contributed by atoms with van der Waals surface area (Å²) in [6.45, 7) is 3.84. The molecule has 0 aliphatic carbocycles. The van der Waals surface area contributed by atoms with Gasteiger partial charge in [0.15, 0.2) is 0 Å². The van der Waals surface area contributed by atoms with Gasteiger partial charge in [-0.2, -0.15) is 15.0 Å². The summed E-state index contributed by atoms with van der Waals surface area (Å²) >= 11 is 0. The zero-order valence-electron chi connectivity index (χ0n) is 15.7. The van der Waals surface area contributed by atoms with Crippen LogP contribution in [0.4, 0.5) is 4.39 Å². The van der Waals surface area contributed by atoms with Crippen LogP contribution in [0.15, 0.2) is 54.7 Å². The molecule has 2 aromatic carbocycles. The van der Waals surface area contributed by atoms with Crippen LogP contribution >= 0.6 is 0 Å². The van der Waals surface area contributed by atoms with Gasteiger partial charge in [-0.15, -0.1) is 0 Å². The van der Waals surface area contributed by atoms with E-state index in [1.165, 1.54) is 16.9 Å². The first-order chi connectivity index (χ1) is 13.4. The van der Waals surface area contributed by atoms with Crippen molar-refractivity contribution < 1.29 is 13.9 Å². The Morgan fingerprint density at radius 3 is 2.86 bits per heavy atom. The second kappa shape index (κ2) is 7.07. The molecule has 2 heterocycles. The molecule has 0 spiro atoms. The number of hydrogen-bond donors (Lipinski definition) is 1. The molecule has 0 radical (unpaired) electrons. The highest BCUT2D eigenvalue weighted by molar-refractivity contribution is 5.78. The van der Waals surface area contributed by atoms with Crippen molar-refractivity contribution >= 4 is 5.91 Å². The van der Waals surface area contributed by atoms with Crippen LogP contribution in [0.5, 0.6) is 5.75 Å². The van der Waals surface area contributed by atoms with Gasteiger partial charge < -0.3 is 10.1 Å². The number of carbonyl (C=O) groups is 1. The summed E-state index contributed by atoms with van der Waals surface area (Å²) in [6.07, 6.45) is 2.29. The zero-order valence-corrected chi connectivity index (χ0v) is 15.7. The molecule has 4 rings (SSSR count). The number of nitrogens with zero attached hydrogens (tertiary/aromatic N) is 3. The van der Waals surface area contributed by atoms with Gasteiger partial charge in [0.1, 0.15) is 17.2 Å². The minimum absolute atomic E-state index is 0.112. The summed E-state index contributed by atoms with van der Waals surface area (Å²) in [5, 5.41) is 11.6. The molecule has 1 atom stereocenters. The van der Waals surface area contributed by atoms with Crippen molar-refractivity contribution in [1.82, 2.24) is 20.3 Å². The lowest BCUT2D eigenvalue weighted by atomic mass is 9.89. The minimum atomic E-state index is -0.505. The summed E-state index contributed by atoms with van der Waals surface area (Å²) in [6, 6.07) is 13.7. The molecule has 6 nitrogen and oxygen atoms in total. The van der Waals surface area contributed by atoms with Crippen LogP contribution in [0.2, 0.25) is 0 Å². The number of halogens is 1. The summed E-state index contributed by atoms with van der Waals surface area (Å²) in [7, 11) is 0. The van der Waals surface area contributed by atoms with E-state index in [2.05, 4.69) is 15.5 Å². The van der Waals surface area contributed by atoms with E-state index in [1.807, 2.05) is 44.2 Å². The van der Waals surface area contributed by atoms with Crippen LogP contribution in [0.3, 0.4) is 0 Å². The van der Waals surface area contributed by atoms with Crippen molar-refractivity contribution in [2.45, 2.75) is 38.3 Å². The molecule has 28 heavy (non-hydrogen) atoms. The first-order valence-corrected chi connectivity index (χ1v) is 9.14. The van der Waals surface area contributed by atoms with Crippen LogP contribution < -0.4 is 10.1 Å². The molecule has 0 fully saturated rings. The number of para-hydroxylation sites is 1. The number of benzene rings is 2. The maximum atomic E-state index is 13.6. The number of aromatic nitrogens is 3. The maximum Gasteiger partial charge on any atom is 0.226 e. The number of fused-ring (bicyclic) bond motifs is 1.